The Hall–Kier alpha value is -2.60. The van der Waals surface area contributed by atoms with E-state index in [2.05, 4.69) is 29.0 Å². The molecule has 3 rings (SSSR count). The first-order valence-electron chi connectivity index (χ1n) is 8.51. The molecule has 1 heterocycles. The largest absolute Gasteiger partial charge is 0.392 e. The Morgan fingerprint density at radius 3 is 2.48 bits per heavy atom. The summed E-state index contributed by atoms with van der Waals surface area (Å²) in [6.45, 7) is 1.41. The van der Waals surface area contributed by atoms with Crippen molar-refractivity contribution < 1.29 is 10.0 Å². The summed E-state index contributed by atoms with van der Waals surface area (Å²) < 4.78 is 0. The average Bonchev–Trinajstić information content (AvgIpc) is 2.67. The van der Waals surface area contributed by atoms with Crippen LogP contribution in [0.3, 0.4) is 0 Å². The number of rotatable bonds is 5. The van der Waals surface area contributed by atoms with Crippen LogP contribution in [0.25, 0.3) is 0 Å². The van der Waals surface area contributed by atoms with Crippen molar-refractivity contribution in [2.45, 2.75) is 25.5 Å². The van der Waals surface area contributed by atoms with E-state index in [4.69, 9.17) is 0 Å². The van der Waals surface area contributed by atoms with Crippen LogP contribution >= 0.6 is 0 Å². The molecule has 6 heteroatoms. The van der Waals surface area contributed by atoms with Crippen LogP contribution in [0.4, 0.5) is 17.1 Å². The van der Waals surface area contributed by atoms with Crippen LogP contribution in [0, 0.1) is 10.1 Å². The predicted octanol–water partition coefficient (Wildman–Crippen LogP) is 3.19. The van der Waals surface area contributed by atoms with Gasteiger partial charge in [-0.25, -0.2) is 0 Å². The first-order valence-corrected chi connectivity index (χ1v) is 8.51. The van der Waals surface area contributed by atoms with E-state index < -0.39 is 0 Å². The Bertz CT molecular complexity index is 728. The van der Waals surface area contributed by atoms with Crippen LogP contribution in [0.15, 0.2) is 48.5 Å². The van der Waals surface area contributed by atoms with Crippen molar-refractivity contribution >= 4 is 17.1 Å². The minimum absolute atomic E-state index is 0.104. The molecule has 0 aromatic heterocycles. The van der Waals surface area contributed by atoms with Crippen LogP contribution in [0.5, 0.6) is 0 Å². The summed E-state index contributed by atoms with van der Waals surface area (Å²) in [7, 11) is 2.10. The molecule has 1 N–H and O–H groups in total. The number of benzene rings is 2. The van der Waals surface area contributed by atoms with E-state index in [0.717, 1.165) is 25.9 Å². The van der Waals surface area contributed by atoms with E-state index in [1.807, 2.05) is 18.2 Å². The van der Waals surface area contributed by atoms with Crippen LogP contribution < -0.4 is 9.80 Å². The highest BCUT2D eigenvalue weighted by Gasteiger charge is 2.27. The van der Waals surface area contributed by atoms with Crippen molar-refractivity contribution in [2.75, 3.05) is 29.9 Å². The third-order valence-electron chi connectivity index (χ3n) is 4.94. The second kappa shape index (κ2) is 7.53. The topological polar surface area (TPSA) is 69.8 Å². The smallest absolute Gasteiger partial charge is 0.292 e. The van der Waals surface area contributed by atoms with Gasteiger partial charge in [-0.1, -0.05) is 18.2 Å². The lowest BCUT2D eigenvalue weighted by atomic mass is 10.0. The van der Waals surface area contributed by atoms with Gasteiger partial charge in [0.1, 0.15) is 5.69 Å². The number of nitrogens with zero attached hydrogens (tertiary/aromatic N) is 3. The highest BCUT2D eigenvalue weighted by Crippen LogP contribution is 2.32. The van der Waals surface area contributed by atoms with Gasteiger partial charge in [0.05, 0.1) is 11.5 Å². The van der Waals surface area contributed by atoms with Crippen molar-refractivity contribution in [1.82, 2.24) is 0 Å². The molecule has 0 bridgehead atoms. The van der Waals surface area contributed by atoms with Crippen molar-refractivity contribution in [2.24, 2.45) is 0 Å². The maximum Gasteiger partial charge on any atom is 0.292 e. The normalized spacial score (nSPS) is 15.2. The molecule has 1 aliphatic heterocycles. The Labute approximate surface area is 147 Å². The van der Waals surface area contributed by atoms with Gasteiger partial charge < -0.3 is 14.9 Å². The molecule has 1 aliphatic rings. The lowest BCUT2D eigenvalue weighted by molar-refractivity contribution is -0.384. The molecule has 0 unspecified atom stereocenters. The van der Waals surface area contributed by atoms with Crippen LogP contribution in [0.1, 0.15) is 18.4 Å². The molecule has 2 aromatic rings. The molecule has 0 atom stereocenters. The second-order valence-corrected chi connectivity index (χ2v) is 6.40. The van der Waals surface area contributed by atoms with E-state index in [9.17, 15) is 15.2 Å². The molecule has 2 aromatic carbocycles. The first-order chi connectivity index (χ1) is 12.1. The van der Waals surface area contributed by atoms with Gasteiger partial charge in [-0.05, 0) is 42.7 Å². The lowest BCUT2D eigenvalue weighted by Crippen LogP contribution is -2.43. The summed E-state index contributed by atoms with van der Waals surface area (Å²) in [6, 6.07) is 15.5. The Balaban J connectivity index is 1.73. The van der Waals surface area contributed by atoms with Crippen molar-refractivity contribution in [3.63, 3.8) is 0 Å². The van der Waals surface area contributed by atoms with Crippen LogP contribution in [-0.4, -0.2) is 36.2 Å². The molecule has 132 valence electrons. The third-order valence-corrected chi connectivity index (χ3v) is 4.94. The molecule has 0 aliphatic carbocycles. The minimum atomic E-state index is -0.349. The van der Waals surface area contributed by atoms with E-state index in [0.29, 0.717) is 17.3 Å². The number of hydrogen-bond acceptors (Lipinski definition) is 5. The number of nitro groups is 1. The fraction of sp³-hybridized carbons (Fsp3) is 0.368. The number of para-hydroxylation sites is 1. The van der Waals surface area contributed by atoms with E-state index in [-0.39, 0.29) is 17.2 Å². The van der Waals surface area contributed by atoms with Gasteiger partial charge in [-0.3, -0.25) is 10.1 Å². The summed E-state index contributed by atoms with van der Waals surface area (Å²) in [5, 5.41) is 20.7. The Morgan fingerprint density at radius 1 is 1.20 bits per heavy atom. The molecule has 25 heavy (non-hydrogen) atoms. The monoisotopic (exact) mass is 341 g/mol. The number of hydrogen-bond donors (Lipinski definition) is 1. The number of piperidine rings is 1. The lowest BCUT2D eigenvalue weighted by Gasteiger charge is -2.38. The van der Waals surface area contributed by atoms with Crippen LogP contribution in [-0.2, 0) is 6.61 Å². The van der Waals surface area contributed by atoms with Gasteiger partial charge >= 0.3 is 0 Å². The van der Waals surface area contributed by atoms with Gasteiger partial charge in [-0.15, -0.1) is 0 Å². The fourth-order valence-corrected chi connectivity index (χ4v) is 3.44. The van der Waals surface area contributed by atoms with Gasteiger partial charge in [0, 0.05) is 37.9 Å². The second-order valence-electron chi connectivity index (χ2n) is 6.40. The number of aliphatic hydroxyl groups excluding tert-OH is 1. The highest BCUT2D eigenvalue weighted by atomic mass is 16.6. The van der Waals surface area contributed by atoms with E-state index in [1.165, 1.54) is 11.8 Å². The average molecular weight is 341 g/mol. The van der Waals surface area contributed by atoms with Gasteiger partial charge in [0.25, 0.3) is 5.69 Å². The van der Waals surface area contributed by atoms with E-state index in [1.54, 1.807) is 12.1 Å². The maximum absolute atomic E-state index is 11.3. The predicted molar refractivity (Wildman–Crippen MR) is 99.1 cm³/mol. The van der Waals surface area contributed by atoms with E-state index >= 15 is 0 Å². The molecule has 0 radical (unpaired) electrons. The minimum Gasteiger partial charge on any atom is -0.392 e. The molecule has 1 saturated heterocycles. The number of aliphatic hydroxyl groups is 1. The van der Waals surface area contributed by atoms with Crippen molar-refractivity contribution in [3.05, 3.63) is 64.2 Å². The standard InChI is InChI=1S/C19H23N3O3/c1-20(16-5-3-2-4-6-16)17-9-11-21(12-10-17)19-13-15(14-23)7-8-18(19)22(24)25/h2-8,13,17,23H,9-12,14H2,1H3. The zero-order valence-corrected chi connectivity index (χ0v) is 14.3. The van der Waals surface area contributed by atoms with Crippen molar-refractivity contribution in [1.29, 1.82) is 0 Å². The Morgan fingerprint density at radius 2 is 1.88 bits per heavy atom. The molecule has 6 nitrogen and oxygen atoms in total. The first kappa shape index (κ1) is 17.2. The van der Waals surface area contributed by atoms with Gasteiger partial charge in [0.15, 0.2) is 0 Å². The SMILES string of the molecule is CN(c1ccccc1)C1CCN(c2cc(CO)ccc2[N+](=O)[O-])CC1. The highest BCUT2D eigenvalue weighted by molar-refractivity contribution is 5.65. The number of anilines is 2. The maximum atomic E-state index is 11.3. The third kappa shape index (κ3) is 3.74. The molecule has 0 saturated carbocycles. The quantitative estimate of drug-likeness (QED) is 0.668. The molecule has 0 spiro atoms. The summed E-state index contributed by atoms with van der Waals surface area (Å²) >= 11 is 0. The van der Waals surface area contributed by atoms with Gasteiger partial charge in [0.2, 0.25) is 0 Å². The molecule has 1 fully saturated rings. The van der Waals surface area contributed by atoms with Gasteiger partial charge in [-0.2, -0.15) is 0 Å². The van der Waals surface area contributed by atoms with Crippen molar-refractivity contribution in [3.8, 4) is 0 Å². The Kier molecular flexibility index (Phi) is 5.19. The summed E-state index contributed by atoms with van der Waals surface area (Å²) in [6.07, 6.45) is 1.87. The molecular formula is C19H23N3O3. The fourth-order valence-electron chi connectivity index (χ4n) is 3.44. The zero-order valence-electron chi connectivity index (χ0n) is 14.3. The summed E-state index contributed by atoms with van der Waals surface area (Å²) in [5.41, 5.74) is 2.60. The van der Waals surface area contributed by atoms with Crippen LogP contribution in [0.2, 0.25) is 0 Å². The molecule has 0 amide bonds. The number of nitro benzene ring substituents is 1. The summed E-state index contributed by atoms with van der Waals surface area (Å²) in [4.78, 5) is 15.3. The summed E-state index contributed by atoms with van der Waals surface area (Å²) in [5.74, 6) is 0. The zero-order chi connectivity index (χ0) is 17.8. The molecular weight excluding hydrogens is 318 g/mol.